The van der Waals surface area contributed by atoms with Crippen LogP contribution < -0.4 is 9.64 Å². The van der Waals surface area contributed by atoms with Crippen LogP contribution in [0.15, 0.2) is 53.5 Å². The van der Waals surface area contributed by atoms with Crippen molar-refractivity contribution in [2.24, 2.45) is 10.4 Å². The summed E-state index contributed by atoms with van der Waals surface area (Å²) >= 11 is 5.30. The zero-order chi connectivity index (χ0) is 43.7. The van der Waals surface area contributed by atoms with Crippen molar-refractivity contribution in [1.29, 1.82) is 0 Å². The number of H-pyrrole nitrogens is 1. The Balaban J connectivity index is 1.47. The number of aliphatic imine (C=N–C) groups is 1. The van der Waals surface area contributed by atoms with E-state index in [9.17, 15) is 14.7 Å². The number of benzene rings is 2. The molecule has 1 aliphatic carbocycles. The number of aromatic nitrogens is 1. The molecule has 1 spiro atoms. The van der Waals surface area contributed by atoms with Crippen LogP contribution in [0, 0.1) is 5.41 Å². The Labute approximate surface area is 363 Å². The van der Waals surface area contributed by atoms with Gasteiger partial charge < -0.3 is 38.8 Å². The third-order valence-electron chi connectivity index (χ3n) is 15.5. The molecule has 0 amide bonds. The Morgan fingerprint density at radius 1 is 0.984 bits per heavy atom. The first-order valence-electron chi connectivity index (χ1n) is 21.6. The third-order valence-corrected chi connectivity index (χ3v) is 15.6. The van der Waals surface area contributed by atoms with Crippen molar-refractivity contribution in [3.63, 3.8) is 0 Å². The van der Waals surface area contributed by atoms with E-state index in [0.29, 0.717) is 69.6 Å². The van der Waals surface area contributed by atoms with Crippen molar-refractivity contribution >= 4 is 51.9 Å². The standard InChI is InChI=1S/C47H59N5O8S/c1-9-43(48-28-61)19-20-45(41(54)58-7,37-31(17-23-51(11-3)27-43)30-15-12-13-16-34(30)49-37)33-25-32-35(26-36(33)57-6)50(5)39-46(32)21-24-52-22-14-18-44(10-2,38(46)52)40(60-29(4)53)47(39,56)42(55)59-8/h12-16,18,25-26,38-40,49,56H,9-11,17,19-24,27H2,1-8H3/t38-,39?,40+,43?,44+,45-,46+,47-/m0/s1. The first-order valence-corrected chi connectivity index (χ1v) is 22.0. The van der Waals surface area contributed by atoms with Gasteiger partial charge in [0, 0.05) is 84.4 Å². The van der Waals surface area contributed by atoms with Gasteiger partial charge in [-0.05, 0) is 87.1 Å². The monoisotopic (exact) mass is 853 g/mol. The Morgan fingerprint density at radius 3 is 2.39 bits per heavy atom. The summed E-state index contributed by atoms with van der Waals surface area (Å²) in [5.74, 6) is -1.49. The fourth-order valence-electron chi connectivity index (χ4n) is 12.9. The number of esters is 3. The summed E-state index contributed by atoms with van der Waals surface area (Å²) in [7, 11) is 6.15. The number of para-hydroxylation sites is 1. The van der Waals surface area contributed by atoms with Crippen LogP contribution in [-0.4, -0.2) is 133 Å². The predicted molar refractivity (Wildman–Crippen MR) is 235 cm³/mol. The number of aliphatic hydroxyl groups is 1. The normalized spacial score (nSPS) is 33.1. The van der Waals surface area contributed by atoms with Crippen molar-refractivity contribution in [1.82, 2.24) is 14.8 Å². The van der Waals surface area contributed by atoms with Crippen LogP contribution in [0.5, 0.6) is 5.75 Å². The molecule has 8 rings (SSSR count). The van der Waals surface area contributed by atoms with Gasteiger partial charge in [-0.3, -0.25) is 14.5 Å². The zero-order valence-electron chi connectivity index (χ0n) is 36.6. The Morgan fingerprint density at radius 2 is 1.74 bits per heavy atom. The number of thiocarbonyl (C=S) groups is 1. The number of rotatable bonds is 9. The second-order valence-electron chi connectivity index (χ2n) is 17.8. The highest BCUT2D eigenvalue weighted by molar-refractivity contribution is 7.78. The van der Waals surface area contributed by atoms with Crippen LogP contribution in [0.4, 0.5) is 5.69 Å². The van der Waals surface area contributed by atoms with Crippen molar-refractivity contribution in [2.75, 3.05) is 66.0 Å². The number of aromatic amines is 1. The molecular weight excluding hydrogens is 795 g/mol. The number of fused-ring (bicyclic) bond motifs is 4. The molecule has 3 aromatic rings. The fourth-order valence-corrected chi connectivity index (χ4v) is 13.1. The molecule has 5 aliphatic rings. The molecule has 1 saturated heterocycles. The number of anilines is 1. The maximum absolute atomic E-state index is 15.4. The lowest BCUT2D eigenvalue weighted by atomic mass is 9.47. The van der Waals surface area contributed by atoms with Gasteiger partial charge in [0.05, 0.1) is 38.1 Å². The molecule has 2 fully saturated rings. The maximum Gasteiger partial charge on any atom is 0.344 e. The molecule has 1 saturated carbocycles. The lowest BCUT2D eigenvalue weighted by Gasteiger charge is -2.63. The average Bonchev–Trinajstić information content (AvgIpc) is 3.93. The molecule has 8 atom stereocenters. The highest BCUT2D eigenvalue weighted by Crippen LogP contribution is 2.68. The lowest BCUT2D eigenvalue weighted by molar-refractivity contribution is -0.228. The van der Waals surface area contributed by atoms with E-state index in [-0.39, 0.29) is 12.5 Å². The molecule has 2 aromatic carbocycles. The molecule has 13 nitrogen and oxygen atoms in total. The highest BCUT2D eigenvalue weighted by atomic mass is 32.1. The van der Waals surface area contributed by atoms with Crippen molar-refractivity contribution in [2.45, 2.75) is 106 Å². The van der Waals surface area contributed by atoms with Gasteiger partial charge in [0.25, 0.3) is 0 Å². The number of isothiocyanates is 1. The smallest absolute Gasteiger partial charge is 0.344 e. The summed E-state index contributed by atoms with van der Waals surface area (Å²) in [6.45, 7) is 11.0. The molecule has 1 aromatic heterocycles. The van der Waals surface area contributed by atoms with Gasteiger partial charge in [-0.15, -0.1) is 0 Å². The first kappa shape index (κ1) is 43.1. The largest absolute Gasteiger partial charge is 0.496 e. The van der Waals surface area contributed by atoms with E-state index in [0.717, 1.165) is 40.0 Å². The number of hydrogen-bond acceptors (Lipinski definition) is 13. The average molecular weight is 854 g/mol. The van der Waals surface area contributed by atoms with E-state index in [1.807, 2.05) is 43.1 Å². The highest BCUT2D eigenvalue weighted by Gasteiger charge is 2.80. The number of methoxy groups -OCH3 is 3. The van der Waals surface area contributed by atoms with Crippen molar-refractivity contribution in [3.05, 3.63) is 70.9 Å². The number of nitrogens with one attached hydrogen (secondary N) is 1. The van der Waals surface area contributed by atoms with Gasteiger partial charge in [0.15, 0.2) is 6.10 Å². The molecule has 5 heterocycles. The minimum Gasteiger partial charge on any atom is -0.496 e. The molecule has 4 aliphatic heterocycles. The number of hydrogen-bond donors (Lipinski definition) is 2. The predicted octanol–water partition coefficient (Wildman–Crippen LogP) is 5.49. The van der Waals surface area contributed by atoms with Crippen LogP contribution in [0.25, 0.3) is 10.9 Å². The molecule has 326 valence electrons. The topological polar surface area (TPSA) is 146 Å². The number of ether oxygens (including phenoxy) is 4. The van der Waals surface area contributed by atoms with E-state index in [1.54, 1.807) is 7.11 Å². The van der Waals surface area contributed by atoms with Crippen LogP contribution in [0.2, 0.25) is 0 Å². The summed E-state index contributed by atoms with van der Waals surface area (Å²) in [4.78, 5) is 58.2. The van der Waals surface area contributed by atoms with E-state index >= 15 is 4.79 Å². The van der Waals surface area contributed by atoms with Gasteiger partial charge in [-0.25, -0.2) is 9.79 Å². The first-order chi connectivity index (χ1) is 29.3. The minimum absolute atomic E-state index is 0.282. The molecule has 0 radical (unpaired) electrons. The maximum atomic E-state index is 15.4. The number of likely N-dealkylation sites (N-methyl/N-ethyl adjacent to an activating group) is 2. The summed E-state index contributed by atoms with van der Waals surface area (Å²) in [6.07, 6.45) is 5.92. The van der Waals surface area contributed by atoms with Crippen LogP contribution in [0.3, 0.4) is 0 Å². The van der Waals surface area contributed by atoms with E-state index in [1.165, 1.54) is 21.1 Å². The Hall–Kier alpha value is -4.59. The molecule has 0 bridgehead atoms. The fraction of sp³-hybridized carbons (Fsp3) is 0.574. The van der Waals surface area contributed by atoms with Crippen molar-refractivity contribution in [3.8, 4) is 5.75 Å². The Kier molecular flexibility index (Phi) is 11.0. The molecular formula is C47H59N5O8S. The van der Waals surface area contributed by atoms with Gasteiger partial charge in [0.1, 0.15) is 11.2 Å². The molecule has 2 unspecified atom stereocenters. The van der Waals surface area contributed by atoms with E-state index < -0.39 is 57.4 Å². The number of carbonyl (C=O) groups excluding carboxylic acids is 3. The third kappa shape index (κ3) is 5.85. The second kappa shape index (κ2) is 15.6. The second-order valence-corrected chi connectivity index (χ2v) is 17.9. The van der Waals surface area contributed by atoms with E-state index in [2.05, 4.69) is 58.1 Å². The minimum atomic E-state index is -2.31. The quantitative estimate of drug-likeness (QED) is 0.0923. The summed E-state index contributed by atoms with van der Waals surface area (Å²) in [5.41, 5.74) is -1.45. The molecule has 61 heavy (non-hydrogen) atoms. The Bertz CT molecular complexity index is 2340. The summed E-state index contributed by atoms with van der Waals surface area (Å²) < 4.78 is 24.0. The van der Waals surface area contributed by atoms with Gasteiger partial charge in [-0.2, -0.15) is 0 Å². The van der Waals surface area contributed by atoms with Crippen LogP contribution >= 0.6 is 12.2 Å². The lowest BCUT2D eigenvalue weighted by Crippen LogP contribution is -2.81. The summed E-state index contributed by atoms with van der Waals surface area (Å²) in [6, 6.07) is 10.9. The SMILES string of the molecule is CCN1CCc2c([nH]c3ccccc23)[C@@](C(=O)OC)(c2cc3c(cc2OC)N(C)C2[C@]34CCN3CC=C[C@@](CC)([C@@H](OC(C)=O)[C@]2(O)C(=O)OC)[C@H]34)CCC(CC)(N=C=S)C1. The molecule has 14 heteroatoms. The van der Waals surface area contributed by atoms with E-state index in [4.69, 9.17) is 36.2 Å². The number of carbonyl (C=O) groups is 3. The zero-order valence-corrected chi connectivity index (χ0v) is 37.4. The van der Waals surface area contributed by atoms with Gasteiger partial charge in [0.2, 0.25) is 5.60 Å². The van der Waals surface area contributed by atoms with Crippen molar-refractivity contribution < 1.29 is 38.4 Å². The van der Waals surface area contributed by atoms with Crippen LogP contribution in [0.1, 0.15) is 82.2 Å². The van der Waals surface area contributed by atoms with Gasteiger partial charge >= 0.3 is 17.9 Å². The summed E-state index contributed by atoms with van der Waals surface area (Å²) in [5, 5.41) is 17.1. The van der Waals surface area contributed by atoms with Crippen LogP contribution in [-0.2, 0) is 45.8 Å². The number of nitrogens with zero attached hydrogens (tertiary/aromatic N) is 4. The molecule has 2 N–H and O–H groups in total. The van der Waals surface area contributed by atoms with Gasteiger partial charge in [-0.1, -0.05) is 51.1 Å².